The van der Waals surface area contributed by atoms with Gasteiger partial charge in [-0.05, 0) is 67.9 Å². The van der Waals surface area contributed by atoms with Crippen molar-refractivity contribution in [2.75, 3.05) is 10.2 Å². The van der Waals surface area contributed by atoms with Gasteiger partial charge >= 0.3 is 12.0 Å². The monoisotopic (exact) mass is 646 g/mol. The van der Waals surface area contributed by atoms with Crippen molar-refractivity contribution >= 4 is 23.3 Å². The third-order valence-corrected chi connectivity index (χ3v) is 9.09. The van der Waals surface area contributed by atoms with Gasteiger partial charge in [0.25, 0.3) is 0 Å². The maximum absolute atomic E-state index is 15.0. The van der Waals surface area contributed by atoms with E-state index in [9.17, 15) is 18.4 Å². The molecular formula is C32H26F4N8O3. The van der Waals surface area contributed by atoms with Crippen LogP contribution in [0.5, 0.6) is 5.75 Å². The molecule has 15 heteroatoms. The molecule has 2 aliphatic heterocycles. The average Bonchev–Trinajstić information content (AvgIpc) is 3.98. The summed E-state index contributed by atoms with van der Waals surface area (Å²) in [6.45, 7) is -0.466. The van der Waals surface area contributed by atoms with Gasteiger partial charge in [-0.15, -0.1) is 0 Å². The third-order valence-electron chi connectivity index (χ3n) is 9.09. The number of primary amides is 1. The average molecular weight is 647 g/mol. The van der Waals surface area contributed by atoms with Gasteiger partial charge in [0.05, 0.1) is 42.7 Å². The van der Waals surface area contributed by atoms with Crippen LogP contribution in [0.15, 0.2) is 66.4 Å². The molecule has 2 amide bonds. The van der Waals surface area contributed by atoms with Crippen molar-refractivity contribution in [2.45, 2.75) is 56.2 Å². The smallest absolute Gasteiger partial charge is 0.423 e. The molecule has 1 unspecified atom stereocenters. The van der Waals surface area contributed by atoms with Gasteiger partial charge in [0, 0.05) is 22.8 Å². The highest BCUT2D eigenvalue weighted by atomic mass is 19.3. The predicted octanol–water partition coefficient (Wildman–Crippen LogP) is 4.50. The van der Waals surface area contributed by atoms with Gasteiger partial charge < -0.3 is 15.8 Å². The van der Waals surface area contributed by atoms with E-state index < -0.39 is 47.6 Å². The lowest BCUT2D eigenvalue weighted by atomic mass is 9.81. The maximum Gasteiger partial charge on any atom is 0.482 e. The number of alkyl halides is 2. The van der Waals surface area contributed by atoms with Crippen LogP contribution in [-0.4, -0.2) is 42.7 Å². The Bertz CT molecular complexity index is 1970. The third kappa shape index (κ3) is 4.87. The number of ether oxygens (including phenoxy) is 1. The molecule has 11 nitrogen and oxygen atoms in total. The van der Waals surface area contributed by atoms with Crippen LogP contribution in [0.1, 0.15) is 60.7 Å². The second kappa shape index (κ2) is 10.3. The Morgan fingerprint density at radius 2 is 1.77 bits per heavy atom. The van der Waals surface area contributed by atoms with Crippen LogP contribution in [-0.2, 0) is 21.7 Å². The molecule has 1 aromatic carbocycles. The number of aromatic nitrogens is 5. The number of fused-ring (bicyclic) bond motifs is 2. The largest absolute Gasteiger partial charge is 0.482 e. The molecule has 8 rings (SSSR count). The molecule has 1 atom stereocenters. The SMILES string of the molecule is NC(=O)C1=C(CC2CC2)Nc2c(cnn2C2(c3ccc(F)cn3)CC2)C1c1ccc2c(c1)OC(F)(F)C(=O)N2Cc1ncc(F)cn1. The fraction of sp³-hybridized carbons (Fsp3) is 0.312. The van der Waals surface area contributed by atoms with E-state index >= 15 is 8.78 Å². The number of nitrogens with one attached hydrogen (secondary N) is 1. The van der Waals surface area contributed by atoms with E-state index in [-0.39, 0.29) is 22.8 Å². The van der Waals surface area contributed by atoms with E-state index in [0.29, 0.717) is 53.5 Å². The summed E-state index contributed by atoms with van der Waals surface area (Å²) in [6, 6.07) is 7.38. The lowest BCUT2D eigenvalue weighted by Gasteiger charge is -2.34. The first-order valence-corrected chi connectivity index (χ1v) is 15.0. The number of allylic oxidation sites excluding steroid dienone is 1. The van der Waals surface area contributed by atoms with Crippen LogP contribution in [0.25, 0.3) is 0 Å². The zero-order valence-electron chi connectivity index (χ0n) is 24.6. The van der Waals surface area contributed by atoms with Crippen LogP contribution in [0.3, 0.4) is 0 Å². The minimum Gasteiger partial charge on any atom is -0.423 e. The van der Waals surface area contributed by atoms with Gasteiger partial charge in [0.2, 0.25) is 5.91 Å². The maximum atomic E-state index is 15.0. The Morgan fingerprint density at radius 3 is 2.43 bits per heavy atom. The zero-order chi connectivity index (χ0) is 32.7. The molecule has 4 aliphatic rings. The van der Waals surface area contributed by atoms with E-state index in [4.69, 9.17) is 15.6 Å². The summed E-state index contributed by atoms with van der Waals surface area (Å²) in [7, 11) is 0. The number of carbonyl (C=O) groups excluding carboxylic acids is 2. The van der Waals surface area contributed by atoms with E-state index in [1.165, 1.54) is 18.2 Å². The van der Waals surface area contributed by atoms with Crippen molar-refractivity contribution < 1.29 is 31.9 Å². The number of anilines is 2. The fourth-order valence-electron chi connectivity index (χ4n) is 6.50. The number of hydrogen-bond acceptors (Lipinski definition) is 8. The quantitative estimate of drug-likeness (QED) is 0.267. The Balaban J connectivity index is 1.24. The summed E-state index contributed by atoms with van der Waals surface area (Å²) in [4.78, 5) is 38.6. The second-order valence-electron chi connectivity index (χ2n) is 12.3. The van der Waals surface area contributed by atoms with Crippen molar-refractivity contribution in [3.05, 3.63) is 101 Å². The van der Waals surface area contributed by atoms with E-state index in [1.54, 1.807) is 23.0 Å². The molecule has 2 saturated carbocycles. The molecule has 0 saturated heterocycles. The van der Waals surface area contributed by atoms with Crippen LogP contribution in [0.4, 0.5) is 29.1 Å². The number of carbonyl (C=O) groups is 2. The Morgan fingerprint density at radius 1 is 1.02 bits per heavy atom. The molecule has 0 spiro atoms. The van der Waals surface area contributed by atoms with Crippen molar-refractivity contribution in [3.63, 3.8) is 0 Å². The molecule has 47 heavy (non-hydrogen) atoms. The highest BCUT2D eigenvalue weighted by Crippen LogP contribution is 2.54. The van der Waals surface area contributed by atoms with Gasteiger partial charge in [-0.1, -0.05) is 6.07 Å². The number of nitrogens with two attached hydrogens (primary N) is 1. The highest BCUT2D eigenvalue weighted by Gasteiger charge is 2.53. The summed E-state index contributed by atoms with van der Waals surface area (Å²) < 4.78 is 63.9. The van der Waals surface area contributed by atoms with Gasteiger partial charge in [0.15, 0.2) is 11.6 Å². The van der Waals surface area contributed by atoms with Gasteiger partial charge in [-0.2, -0.15) is 13.9 Å². The first-order chi connectivity index (χ1) is 22.5. The van der Waals surface area contributed by atoms with Crippen LogP contribution >= 0.6 is 0 Å². The highest BCUT2D eigenvalue weighted by molar-refractivity contribution is 6.01. The van der Waals surface area contributed by atoms with Crippen LogP contribution in [0, 0.1) is 17.6 Å². The Labute approximate surface area is 264 Å². The first kappa shape index (κ1) is 29.1. The fourth-order valence-corrected chi connectivity index (χ4v) is 6.50. The number of rotatable bonds is 8. The molecule has 0 bridgehead atoms. The normalized spacial score (nSPS) is 20.6. The summed E-state index contributed by atoms with van der Waals surface area (Å²) >= 11 is 0. The van der Waals surface area contributed by atoms with E-state index in [0.717, 1.165) is 36.3 Å². The molecule has 5 heterocycles. The first-order valence-electron chi connectivity index (χ1n) is 15.0. The summed E-state index contributed by atoms with van der Waals surface area (Å²) in [6.07, 6.45) is 4.18. The zero-order valence-corrected chi connectivity index (χ0v) is 24.6. The van der Waals surface area contributed by atoms with Gasteiger partial charge in [0.1, 0.15) is 23.0 Å². The number of pyridine rings is 1. The molecule has 240 valence electrons. The minimum atomic E-state index is -4.23. The molecule has 2 aliphatic carbocycles. The van der Waals surface area contributed by atoms with Crippen molar-refractivity contribution in [1.29, 1.82) is 0 Å². The van der Waals surface area contributed by atoms with E-state index in [2.05, 4.69) is 20.3 Å². The van der Waals surface area contributed by atoms with Crippen LogP contribution in [0.2, 0.25) is 0 Å². The van der Waals surface area contributed by atoms with E-state index in [1.807, 2.05) is 0 Å². The number of nitrogens with zero attached hydrogens (tertiary/aromatic N) is 6. The summed E-state index contributed by atoms with van der Waals surface area (Å²) in [5.41, 5.74) is 7.87. The molecule has 3 N–H and O–H groups in total. The van der Waals surface area contributed by atoms with Crippen molar-refractivity contribution in [1.82, 2.24) is 24.7 Å². The Hall–Kier alpha value is -5.34. The number of hydrogen-bond donors (Lipinski definition) is 2. The van der Waals surface area contributed by atoms with Crippen molar-refractivity contribution in [3.8, 4) is 5.75 Å². The summed E-state index contributed by atoms with van der Waals surface area (Å²) in [5.74, 6) is -3.76. The standard InChI is InChI=1S/C32H26F4N8O3/c33-18-4-6-24(38-11-18)31(7-8-31)44-29-20(14-41-44)26(27(28(37)45)21(42-29)9-16-1-2-16)17-3-5-22-23(10-17)47-32(35,36)30(46)43(22)15-25-39-12-19(34)13-40-25/h3-6,10-14,16,26,42H,1-2,7-9,15H2,(H2,37,45). The molecule has 4 aromatic rings. The van der Waals surface area contributed by atoms with Gasteiger partial charge in [-0.3, -0.25) is 19.5 Å². The van der Waals surface area contributed by atoms with Crippen molar-refractivity contribution in [2.24, 2.45) is 11.7 Å². The molecule has 0 radical (unpaired) electrons. The minimum absolute atomic E-state index is 0.0181. The molecule has 3 aromatic heterocycles. The number of halogens is 4. The predicted molar refractivity (Wildman–Crippen MR) is 157 cm³/mol. The number of benzene rings is 1. The lowest BCUT2D eigenvalue weighted by Crippen LogP contribution is -2.50. The Kier molecular flexibility index (Phi) is 6.40. The topological polar surface area (TPSA) is 141 Å². The van der Waals surface area contributed by atoms with Crippen LogP contribution < -0.4 is 20.7 Å². The summed E-state index contributed by atoms with van der Waals surface area (Å²) in [5, 5.41) is 8.14. The lowest BCUT2D eigenvalue weighted by molar-refractivity contribution is -0.193. The molecular weight excluding hydrogens is 620 g/mol. The molecule has 2 fully saturated rings. The van der Waals surface area contributed by atoms with Gasteiger partial charge in [-0.25, -0.2) is 23.4 Å². The number of amides is 2. The second-order valence-corrected chi connectivity index (χ2v) is 12.3.